The highest BCUT2D eigenvalue weighted by atomic mass is 127. The van der Waals surface area contributed by atoms with Crippen LogP contribution in [0, 0.1) is 6.92 Å². The first-order valence-corrected chi connectivity index (χ1v) is 8.57. The van der Waals surface area contributed by atoms with E-state index in [4.69, 9.17) is 0 Å². The summed E-state index contributed by atoms with van der Waals surface area (Å²) in [7, 11) is 4.27. The molecule has 0 fully saturated rings. The number of hydrogen-bond acceptors (Lipinski definition) is 2. The fraction of sp³-hybridized carbons (Fsp3) is 0.150. The van der Waals surface area contributed by atoms with E-state index in [1.807, 2.05) is 11.8 Å². The lowest BCUT2D eigenvalue weighted by atomic mass is 10.2. The van der Waals surface area contributed by atoms with E-state index in [-0.39, 0.29) is 24.0 Å². The molecule has 2 heterocycles. The lowest BCUT2D eigenvalue weighted by molar-refractivity contribution is -0.646. The molecule has 3 aromatic rings. The van der Waals surface area contributed by atoms with Gasteiger partial charge in [-0.05, 0) is 36.8 Å². The third kappa shape index (κ3) is 2.93. The predicted octanol–water partition coefficient (Wildman–Crippen LogP) is 1.52. The number of hydrogen-bond donors (Lipinski definition) is 0. The van der Waals surface area contributed by atoms with Gasteiger partial charge in [-0.25, -0.2) is 0 Å². The van der Waals surface area contributed by atoms with Crippen molar-refractivity contribution in [1.82, 2.24) is 0 Å². The minimum atomic E-state index is 0. The van der Waals surface area contributed by atoms with Gasteiger partial charge in [0, 0.05) is 35.5 Å². The predicted molar refractivity (Wildman–Crippen MR) is 98.5 cm³/mol. The van der Waals surface area contributed by atoms with E-state index in [0.717, 1.165) is 0 Å². The molecule has 0 aliphatic carbocycles. The van der Waals surface area contributed by atoms with E-state index >= 15 is 0 Å². The highest BCUT2D eigenvalue weighted by molar-refractivity contribution is 8.03. The molecule has 1 aliphatic heterocycles. The number of fused-ring (bicyclic) bond motifs is 2. The Labute approximate surface area is 164 Å². The molecule has 0 saturated heterocycles. The number of thioether (sulfide) groups is 1. The summed E-state index contributed by atoms with van der Waals surface area (Å²) in [6.07, 6.45) is 2.27. The van der Waals surface area contributed by atoms with E-state index in [1.165, 1.54) is 37.8 Å². The Balaban J connectivity index is 0.00000169. The zero-order chi connectivity index (χ0) is 16.0. The Bertz CT molecular complexity index is 950. The largest absolute Gasteiger partial charge is 1.00 e. The molecule has 4 rings (SSSR count). The molecule has 24 heavy (non-hydrogen) atoms. The highest BCUT2D eigenvalue weighted by Crippen LogP contribution is 2.45. The number of pyridine rings is 1. The summed E-state index contributed by atoms with van der Waals surface area (Å²) in [4.78, 5) is 3.61. The van der Waals surface area contributed by atoms with Gasteiger partial charge in [0.1, 0.15) is 7.05 Å². The van der Waals surface area contributed by atoms with Crippen molar-refractivity contribution in [2.45, 2.75) is 11.8 Å². The molecule has 0 unspecified atom stereocenters. The van der Waals surface area contributed by atoms with Crippen molar-refractivity contribution in [2.24, 2.45) is 7.05 Å². The third-order valence-electron chi connectivity index (χ3n) is 4.41. The number of anilines is 1. The van der Waals surface area contributed by atoms with E-state index in [1.54, 1.807) is 0 Å². The number of aryl methyl sites for hydroxylation is 2. The second-order valence-corrected chi connectivity index (χ2v) is 7.05. The number of aromatic nitrogens is 1. The molecule has 0 bridgehead atoms. The number of benzene rings is 2. The molecule has 2 aromatic carbocycles. The van der Waals surface area contributed by atoms with Gasteiger partial charge in [0.2, 0.25) is 11.2 Å². The lowest BCUT2D eigenvalue weighted by Gasteiger charge is -2.13. The van der Waals surface area contributed by atoms with Gasteiger partial charge in [0.15, 0.2) is 0 Å². The Morgan fingerprint density at radius 2 is 1.83 bits per heavy atom. The van der Waals surface area contributed by atoms with E-state index < -0.39 is 0 Å². The second-order valence-electron chi connectivity index (χ2n) is 5.99. The zero-order valence-corrected chi connectivity index (χ0v) is 16.9. The van der Waals surface area contributed by atoms with Crippen molar-refractivity contribution in [3.05, 3.63) is 70.9 Å². The van der Waals surface area contributed by atoms with Crippen LogP contribution in [-0.2, 0) is 7.05 Å². The Hall–Kier alpha value is -1.53. The molecule has 0 radical (unpaired) electrons. The molecule has 0 spiro atoms. The average Bonchev–Trinajstić information content (AvgIpc) is 2.86. The molecule has 0 N–H and O–H groups in total. The number of halogens is 1. The minimum absolute atomic E-state index is 0. The molecule has 0 saturated carbocycles. The van der Waals surface area contributed by atoms with Gasteiger partial charge >= 0.3 is 0 Å². The van der Waals surface area contributed by atoms with Crippen molar-refractivity contribution in [1.29, 1.82) is 0 Å². The minimum Gasteiger partial charge on any atom is -1.00 e. The average molecular weight is 446 g/mol. The van der Waals surface area contributed by atoms with Crippen LogP contribution in [0.3, 0.4) is 0 Å². The maximum atomic E-state index is 2.28. The first kappa shape index (κ1) is 17.3. The smallest absolute Gasteiger partial charge is 0.212 e. The van der Waals surface area contributed by atoms with Crippen LogP contribution in [0.1, 0.15) is 11.3 Å². The normalized spacial score (nSPS) is 14.8. The van der Waals surface area contributed by atoms with Crippen LogP contribution in [0.2, 0.25) is 0 Å². The molecule has 2 nitrogen and oxygen atoms in total. The van der Waals surface area contributed by atoms with Gasteiger partial charge in [-0.15, -0.1) is 0 Å². The molecule has 1 aromatic heterocycles. The Kier molecular flexibility index (Phi) is 4.88. The van der Waals surface area contributed by atoms with Crippen molar-refractivity contribution < 1.29 is 28.5 Å². The number of para-hydroxylation sites is 1. The Morgan fingerprint density at radius 1 is 1.04 bits per heavy atom. The van der Waals surface area contributed by atoms with Crippen LogP contribution >= 0.6 is 11.8 Å². The van der Waals surface area contributed by atoms with Crippen LogP contribution in [0.25, 0.3) is 17.0 Å². The summed E-state index contributed by atoms with van der Waals surface area (Å²) < 4.78 is 2.25. The van der Waals surface area contributed by atoms with Gasteiger partial charge in [0.05, 0.1) is 10.7 Å². The van der Waals surface area contributed by atoms with Gasteiger partial charge in [-0.3, -0.25) is 0 Å². The Morgan fingerprint density at radius 3 is 2.67 bits per heavy atom. The summed E-state index contributed by atoms with van der Waals surface area (Å²) in [5.41, 5.74) is 5.06. The van der Waals surface area contributed by atoms with Gasteiger partial charge in [0.25, 0.3) is 0 Å². The topological polar surface area (TPSA) is 7.12 Å². The second kappa shape index (κ2) is 6.76. The standard InChI is InChI=1S/C20H19N2S.HI/c1-14-8-11-19-18(12-14)22(3)20(23-19)13-16-10-9-15-6-4-5-7-17(15)21(16)2;/h4-13H,1-3H3;1H/q+1;/p-1. The van der Waals surface area contributed by atoms with Crippen molar-refractivity contribution in [2.75, 3.05) is 11.9 Å². The van der Waals surface area contributed by atoms with Crippen LogP contribution in [0.5, 0.6) is 0 Å². The molecular formula is C20H19IN2S. The summed E-state index contributed by atoms with van der Waals surface area (Å²) in [5.74, 6) is 0. The summed E-state index contributed by atoms with van der Waals surface area (Å²) in [6, 6.07) is 19.5. The number of rotatable bonds is 1. The fourth-order valence-corrected chi connectivity index (χ4v) is 4.11. The highest BCUT2D eigenvalue weighted by Gasteiger charge is 2.23. The van der Waals surface area contributed by atoms with E-state index in [2.05, 4.69) is 91.2 Å². The van der Waals surface area contributed by atoms with Gasteiger partial charge in [-0.1, -0.05) is 30.0 Å². The van der Waals surface area contributed by atoms with Crippen molar-refractivity contribution in [3.63, 3.8) is 0 Å². The fourth-order valence-electron chi connectivity index (χ4n) is 3.03. The molecule has 0 amide bonds. The maximum absolute atomic E-state index is 2.28. The molecule has 122 valence electrons. The van der Waals surface area contributed by atoms with E-state index in [0.29, 0.717) is 0 Å². The van der Waals surface area contributed by atoms with Crippen LogP contribution in [0.4, 0.5) is 5.69 Å². The summed E-state index contributed by atoms with van der Waals surface area (Å²) in [5, 5.41) is 2.53. The molecular weight excluding hydrogens is 427 g/mol. The van der Waals surface area contributed by atoms with Crippen molar-refractivity contribution in [3.8, 4) is 0 Å². The molecule has 4 heteroatoms. The van der Waals surface area contributed by atoms with E-state index in [9.17, 15) is 0 Å². The van der Waals surface area contributed by atoms with Gasteiger partial charge < -0.3 is 28.9 Å². The van der Waals surface area contributed by atoms with Crippen LogP contribution in [-0.4, -0.2) is 7.05 Å². The zero-order valence-electron chi connectivity index (χ0n) is 14.0. The van der Waals surface area contributed by atoms with Gasteiger partial charge in [-0.2, -0.15) is 4.57 Å². The lowest BCUT2D eigenvalue weighted by Crippen LogP contribution is -3.00. The maximum Gasteiger partial charge on any atom is 0.212 e. The van der Waals surface area contributed by atoms with Crippen LogP contribution < -0.4 is 33.4 Å². The summed E-state index contributed by atoms with van der Waals surface area (Å²) >= 11 is 1.84. The first-order valence-electron chi connectivity index (χ1n) is 7.75. The van der Waals surface area contributed by atoms with Crippen LogP contribution in [0.15, 0.2) is 64.5 Å². The number of nitrogens with zero attached hydrogens (tertiary/aromatic N) is 2. The molecule has 1 aliphatic rings. The monoisotopic (exact) mass is 446 g/mol. The quantitative estimate of drug-likeness (QED) is 0.414. The van der Waals surface area contributed by atoms with Crippen molar-refractivity contribution >= 4 is 34.4 Å². The first-order chi connectivity index (χ1) is 11.1. The SMILES string of the molecule is Cc1ccc2c(c1)N(C)C(=Cc1ccc3ccccc3[n+]1C)S2.[I-]. The third-order valence-corrected chi connectivity index (χ3v) is 5.58. The summed E-state index contributed by atoms with van der Waals surface area (Å²) in [6.45, 7) is 2.14. The molecule has 0 atom stereocenters.